The molecule has 3 rings (SSSR count). The van der Waals surface area contributed by atoms with Crippen molar-refractivity contribution in [2.75, 3.05) is 13.1 Å². The second kappa shape index (κ2) is 6.23. The fourth-order valence-corrected chi connectivity index (χ4v) is 4.65. The Labute approximate surface area is 131 Å². The van der Waals surface area contributed by atoms with Crippen molar-refractivity contribution in [3.63, 3.8) is 0 Å². The Hall–Kier alpha value is -0.280. The lowest BCUT2D eigenvalue weighted by molar-refractivity contribution is 0.0701. The molecular formula is C16H22Cl2N2. The smallest absolute Gasteiger partial charge is 0.0474 e. The lowest BCUT2D eigenvalue weighted by atomic mass is 9.89. The van der Waals surface area contributed by atoms with Gasteiger partial charge in [-0.15, -0.1) is 0 Å². The zero-order valence-electron chi connectivity index (χ0n) is 11.7. The van der Waals surface area contributed by atoms with Crippen LogP contribution in [0.15, 0.2) is 18.2 Å². The first-order chi connectivity index (χ1) is 9.69. The quantitative estimate of drug-likeness (QED) is 0.903. The highest BCUT2D eigenvalue weighted by atomic mass is 35.5. The molecule has 2 aliphatic rings. The lowest BCUT2D eigenvalue weighted by Crippen LogP contribution is -2.46. The van der Waals surface area contributed by atoms with Crippen LogP contribution in [-0.4, -0.2) is 24.0 Å². The van der Waals surface area contributed by atoms with Gasteiger partial charge in [0, 0.05) is 28.7 Å². The molecule has 1 aromatic carbocycles. The summed E-state index contributed by atoms with van der Waals surface area (Å²) in [6, 6.07) is 6.77. The second-order valence-electron chi connectivity index (χ2n) is 6.09. The first kappa shape index (κ1) is 14.6. The van der Waals surface area contributed by atoms with Crippen LogP contribution in [0.2, 0.25) is 10.0 Å². The van der Waals surface area contributed by atoms with E-state index in [9.17, 15) is 0 Å². The van der Waals surface area contributed by atoms with Gasteiger partial charge in [0.2, 0.25) is 0 Å². The van der Waals surface area contributed by atoms with Crippen molar-refractivity contribution in [2.45, 2.75) is 44.2 Å². The molecule has 4 heteroatoms. The molecule has 2 nitrogen and oxygen atoms in total. The molecule has 110 valence electrons. The molecule has 1 aliphatic heterocycles. The molecule has 2 fully saturated rings. The standard InChI is InChI=1S/C16H22Cl2N2/c17-13-7-12(8-14(18)9-13)16(10-19)20-6-2-4-11-3-1-5-15(11)20/h7-9,11,15-16H,1-6,10,19H2. The van der Waals surface area contributed by atoms with Crippen LogP contribution in [0.25, 0.3) is 0 Å². The van der Waals surface area contributed by atoms with Crippen LogP contribution in [0.4, 0.5) is 0 Å². The minimum absolute atomic E-state index is 0.247. The number of nitrogens with two attached hydrogens (primary N) is 1. The molecule has 0 amide bonds. The van der Waals surface area contributed by atoms with Crippen LogP contribution in [-0.2, 0) is 0 Å². The average molecular weight is 313 g/mol. The molecule has 3 atom stereocenters. The van der Waals surface area contributed by atoms with Crippen molar-refractivity contribution in [1.29, 1.82) is 0 Å². The molecule has 0 aromatic heterocycles. The highest BCUT2D eigenvalue weighted by Gasteiger charge is 2.38. The zero-order valence-corrected chi connectivity index (χ0v) is 13.2. The van der Waals surface area contributed by atoms with E-state index in [-0.39, 0.29) is 6.04 Å². The van der Waals surface area contributed by atoms with Crippen molar-refractivity contribution in [3.8, 4) is 0 Å². The summed E-state index contributed by atoms with van der Waals surface area (Å²) in [4.78, 5) is 2.61. The largest absolute Gasteiger partial charge is 0.329 e. The highest BCUT2D eigenvalue weighted by Crippen LogP contribution is 2.41. The van der Waals surface area contributed by atoms with Crippen molar-refractivity contribution in [2.24, 2.45) is 11.7 Å². The van der Waals surface area contributed by atoms with Gasteiger partial charge in [0.05, 0.1) is 0 Å². The predicted octanol–water partition coefficient (Wildman–Crippen LogP) is 4.26. The summed E-state index contributed by atoms with van der Waals surface area (Å²) < 4.78 is 0. The molecule has 1 saturated heterocycles. The van der Waals surface area contributed by atoms with E-state index in [0.29, 0.717) is 22.6 Å². The predicted molar refractivity (Wildman–Crippen MR) is 85.3 cm³/mol. The maximum Gasteiger partial charge on any atom is 0.0474 e. The van der Waals surface area contributed by atoms with Gasteiger partial charge in [0.25, 0.3) is 0 Å². The van der Waals surface area contributed by atoms with E-state index < -0.39 is 0 Å². The second-order valence-corrected chi connectivity index (χ2v) is 6.97. The molecular weight excluding hydrogens is 291 g/mol. The van der Waals surface area contributed by atoms with Crippen LogP contribution >= 0.6 is 23.2 Å². The van der Waals surface area contributed by atoms with E-state index in [1.807, 2.05) is 12.1 Å². The zero-order chi connectivity index (χ0) is 14.1. The van der Waals surface area contributed by atoms with Gasteiger partial charge in [-0.3, -0.25) is 4.90 Å². The number of rotatable bonds is 3. The molecule has 3 unspecified atom stereocenters. The molecule has 0 radical (unpaired) electrons. The Bertz CT molecular complexity index is 457. The summed E-state index contributed by atoms with van der Waals surface area (Å²) in [7, 11) is 0. The van der Waals surface area contributed by atoms with E-state index in [2.05, 4.69) is 4.90 Å². The van der Waals surface area contributed by atoms with Gasteiger partial charge in [-0.2, -0.15) is 0 Å². The van der Waals surface area contributed by atoms with E-state index in [0.717, 1.165) is 18.0 Å². The van der Waals surface area contributed by atoms with Gasteiger partial charge >= 0.3 is 0 Å². The summed E-state index contributed by atoms with van der Waals surface area (Å²) >= 11 is 12.3. The topological polar surface area (TPSA) is 29.3 Å². The van der Waals surface area contributed by atoms with Crippen LogP contribution in [0.3, 0.4) is 0 Å². The molecule has 1 saturated carbocycles. The SMILES string of the molecule is NCC(c1cc(Cl)cc(Cl)c1)N1CCCC2CCCC21. The van der Waals surface area contributed by atoms with Crippen LogP contribution in [0.1, 0.15) is 43.7 Å². The first-order valence-electron chi connectivity index (χ1n) is 7.61. The molecule has 2 N–H and O–H groups in total. The third kappa shape index (κ3) is 2.85. The number of hydrogen-bond acceptors (Lipinski definition) is 2. The average Bonchev–Trinajstić information content (AvgIpc) is 2.87. The summed E-state index contributed by atoms with van der Waals surface area (Å²) in [5, 5.41) is 1.40. The molecule has 0 bridgehead atoms. The maximum absolute atomic E-state index is 6.16. The fourth-order valence-electron chi connectivity index (χ4n) is 4.11. The number of halogens is 2. The molecule has 1 aliphatic carbocycles. The normalized spacial score (nSPS) is 28.4. The molecule has 1 aromatic rings. The van der Waals surface area contributed by atoms with Gasteiger partial charge < -0.3 is 5.73 Å². The highest BCUT2D eigenvalue weighted by molar-refractivity contribution is 6.34. The van der Waals surface area contributed by atoms with E-state index in [1.54, 1.807) is 6.07 Å². The summed E-state index contributed by atoms with van der Waals surface area (Å²) in [5.41, 5.74) is 7.26. The van der Waals surface area contributed by atoms with E-state index >= 15 is 0 Å². The lowest BCUT2D eigenvalue weighted by Gasteiger charge is -2.42. The van der Waals surface area contributed by atoms with Gasteiger partial charge in [-0.1, -0.05) is 29.6 Å². The number of piperidine rings is 1. The maximum atomic E-state index is 6.16. The van der Waals surface area contributed by atoms with Crippen molar-refractivity contribution in [3.05, 3.63) is 33.8 Å². The van der Waals surface area contributed by atoms with Crippen molar-refractivity contribution in [1.82, 2.24) is 4.90 Å². The Morgan fingerprint density at radius 3 is 2.50 bits per heavy atom. The molecule has 1 heterocycles. The minimum Gasteiger partial charge on any atom is -0.329 e. The Morgan fingerprint density at radius 1 is 1.10 bits per heavy atom. The summed E-state index contributed by atoms with van der Waals surface area (Å²) in [6.45, 7) is 1.77. The Kier molecular flexibility index (Phi) is 4.56. The van der Waals surface area contributed by atoms with E-state index in [1.165, 1.54) is 32.1 Å². The van der Waals surface area contributed by atoms with Gasteiger partial charge in [0.1, 0.15) is 0 Å². The number of fused-ring (bicyclic) bond motifs is 1. The number of benzene rings is 1. The van der Waals surface area contributed by atoms with Crippen LogP contribution in [0, 0.1) is 5.92 Å². The third-order valence-electron chi connectivity index (χ3n) is 4.93. The van der Waals surface area contributed by atoms with Crippen molar-refractivity contribution < 1.29 is 0 Å². The third-order valence-corrected chi connectivity index (χ3v) is 5.37. The fraction of sp³-hybridized carbons (Fsp3) is 0.625. The van der Waals surface area contributed by atoms with Crippen LogP contribution < -0.4 is 5.73 Å². The molecule has 0 spiro atoms. The van der Waals surface area contributed by atoms with Gasteiger partial charge in [0.15, 0.2) is 0 Å². The first-order valence-corrected chi connectivity index (χ1v) is 8.36. The number of likely N-dealkylation sites (tertiary alicyclic amines) is 1. The Balaban J connectivity index is 1.88. The van der Waals surface area contributed by atoms with Gasteiger partial charge in [-0.05, 0) is 61.9 Å². The van der Waals surface area contributed by atoms with Gasteiger partial charge in [-0.25, -0.2) is 0 Å². The summed E-state index contributed by atoms with van der Waals surface area (Å²) in [6.07, 6.45) is 6.73. The monoisotopic (exact) mass is 312 g/mol. The Morgan fingerprint density at radius 2 is 1.80 bits per heavy atom. The molecule has 20 heavy (non-hydrogen) atoms. The number of nitrogens with zero attached hydrogens (tertiary/aromatic N) is 1. The van der Waals surface area contributed by atoms with E-state index in [4.69, 9.17) is 28.9 Å². The summed E-state index contributed by atoms with van der Waals surface area (Å²) in [5.74, 6) is 0.868. The number of hydrogen-bond donors (Lipinski definition) is 1. The minimum atomic E-state index is 0.247. The van der Waals surface area contributed by atoms with Crippen LogP contribution in [0.5, 0.6) is 0 Å². The van der Waals surface area contributed by atoms with Crippen molar-refractivity contribution >= 4 is 23.2 Å².